The van der Waals surface area contributed by atoms with Crippen LogP contribution in [0.3, 0.4) is 0 Å². The molecule has 0 saturated heterocycles. The minimum atomic E-state index is -0.215. The maximum absolute atomic E-state index is 13.3. The lowest BCUT2D eigenvalue weighted by Crippen LogP contribution is -2.23. The molecule has 0 amide bonds. The summed E-state index contributed by atoms with van der Waals surface area (Å²) in [5, 5.41) is 12.7. The number of hydrogen-bond donors (Lipinski definition) is 2. The second kappa shape index (κ2) is 8.05. The standard InChI is InChI=1S/C21H15Cl2N9OS/c22-11-1-3-15(31-9-26-29-30-31)13(7-11)10-5-12-2-4-16(32(12)17(33)6-10)20-25-8-14(27-20)18-19(23)28-21(24)34-18/h1,3,5-9,16H,2,4H2,(H2,24,28)(H,25,27)/t16-/m0/s1. The second-order valence-electron chi connectivity index (χ2n) is 7.77. The Morgan fingerprint density at radius 2 is 2.09 bits per heavy atom. The smallest absolute Gasteiger partial charge is 0.252 e. The number of nitrogen functional groups attached to an aromatic ring is 1. The first-order valence-electron chi connectivity index (χ1n) is 10.2. The third-order valence-electron chi connectivity index (χ3n) is 5.76. The van der Waals surface area contributed by atoms with E-state index in [0.717, 1.165) is 45.9 Å². The van der Waals surface area contributed by atoms with E-state index in [-0.39, 0.29) is 11.6 Å². The van der Waals surface area contributed by atoms with Gasteiger partial charge in [0, 0.05) is 22.3 Å². The van der Waals surface area contributed by atoms with Crippen LogP contribution in [0.25, 0.3) is 27.4 Å². The fraction of sp³-hybridized carbons (Fsp3) is 0.143. The van der Waals surface area contributed by atoms with Gasteiger partial charge in [0.25, 0.3) is 5.56 Å². The van der Waals surface area contributed by atoms with Gasteiger partial charge in [0.1, 0.15) is 12.2 Å². The normalized spacial score (nSPS) is 15.1. The fourth-order valence-electron chi connectivity index (χ4n) is 4.32. The molecule has 0 spiro atoms. The quantitative estimate of drug-likeness (QED) is 0.375. The van der Waals surface area contributed by atoms with Crippen molar-refractivity contribution in [3.63, 3.8) is 0 Å². The van der Waals surface area contributed by atoms with Crippen LogP contribution in [0, 0.1) is 0 Å². The predicted octanol–water partition coefficient (Wildman–Crippen LogP) is 3.76. The van der Waals surface area contributed by atoms with Crippen LogP contribution in [-0.4, -0.2) is 39.7 Å². The molecule has 4 aromatic heterocycles. The maximum Gasteiger partial charge on any atom is 0.252 e. The van der Waals surface area contributed by atoms with Crippen molar-refractivity contribution in [1.29, 1.82) is 0 Å². The number of aryl methyl sites for hydroxylation is 1. The van der Waals surface area contributed by atoms with E-state index >= 15 is 0 Å². The summed E-state index contributed by atoms with van der Waals surface area (Å²) in [5.41, 5.74) is 9.50. The number of benzene rings is 1. The van der Waals surface area contributed by atoms with Crippen molar-refractivity contribution in [2.24, 2.45) is 0 Å². The van der Waals surface area contributed by atoms with E-state index in [2.05, 4.69) is 30.5 Å². The summed E-state index contributed by atoms with van der Waals surface area (Å²) in [6, 6.07) is 8.78. The molecule has 0 saturated carbocycles. The van der Waals surface area contributed by atoms with E-state index in [1.807, 2.05) is 12.1 Å². The van der Waals surface area contributed by atoms with Crippen LogP contribution in [0.4, 0.5) is 5.13 Å². The molecule has 3 N–H and O–H groups in total. The zero-order valence-electron chi connectivity index (χ0n) is 17.3. The number of nitrogens with zero attached hydrogens (tertiary/aromatic N) is 7. The topological polar surface area (TPSA) is 133 Å². The first-order chi connectivity index (χ1) is 16.5. The van der Waals surface area contributed by atoms with Crippen LogP contribution in [0.15, 0.2) is 47.7 Å². The zero-order valence-corrected chi connectivity index (χ0v) is 19.6. The van der Waals surface area contributed by atoms with Crippen molar-refractivity contribution in [1.82, 2.24) is 39.7 Å². The molecule has 1 atom stereocenters. The number of thiazole rings is 1. The lowest BCUT2D eigenvalue weighted by atomic mass is 10.0. The molecule has 0 aliphatic carbocycles. The molecule has 1 aromatic carbocycles. The van der Waals surface area contributed by atoms with E-state index in [1.165, 1.54) is 17.7 Å². The highest BCUT2D eigenvalue weighted by Crippen LogP contribution is 2.37. The lowest BCUT2D eigenvalue weighted by molar-refractivity contribution is 0.572. The number of halogens is 2. The molecule has 170 valence electrons. The van der Waals surface area contributed by atoms with Crippen molar-refractivity contribution in [3.8, 4) is 27.4 Å². The number of H-pyrrole nitrogens is 1. The van der Waals surface area contributed by atoms with E-state index in [0.29, 0.717) is 21.1 Å². The Bertz CT molecular complexity index is 1590. The predicted molar refractivity (Wildman–Crippen MR) is 129 cm³/mol. The summed E-state index contributed by atoms with van der Waals surface area (Å²) >= 11 is 13.7. The molecule has 5 aromatic rings. The van der Waals surface area contributed by atoms with Crippen molar-refractivity contribution < 1.29 is 0 Å². The van der Waals surface area contributed by atoms with Gasteiger partial charge < -0.3 is 15.3 Å². The number of aromatic amines is 1. The minimum absolute atomic E-state index is 0.129. The van der Waals surface area contributed by atoms with Gasteiger partial charge in [-0.2, -0.15) is 4.68 Å². The van der Waals surface area contributed by atoms with Gasteiger partial charge in [-0.1, -0.05) is 34.5 Å². The lowest BCUT2D eigenvalue weighted by Gasteiger charge is -2.15. The summed E-state index contributed by atoms with van der Waals surface area (Å²) in [6.07, 6.45) is 4.65. The monoisotopic (exact) mass is 511 g/mol. The fourth-order valence-corrected chi connectivity index (χ4v) is 5.55. The largest absolute Gasteiger partial charge is 0.375 e. The molecule has 6 rings (SSSR count). The molecule has 1 aliphatic heterocycles. The highest BCUT2D eigenvalue weighted by Gasteiger charge is 2.28. The summed E-state index contributed by atoms with van der Waals surface area (Å²) in [4.78, 5) is 25.9. The molecule has 10 nitrogen and oxygen atoms in total. The first-order valence-corrected chi connectivity index (χ1v) is 11.8. The molecule has 13 heteroatoms. The van der Waals surface area contributed by atoms with E-state index in [1.54, 1.807) is 33.6 Å². The molecular formula is C21H15Cl2N9OS. The number of anilines is 1. The van der Waals surface area contributed by atoms with Crippen molar-refractivity contribution >= 4 is 39.7 Å². The second-order valence-corrected chi connectivity index (χ2v) is 9.59. The Morgan fingerprint density at radius 3 is 2.85 bits per heavy atom. The van der Waals surface area contributed by atoms with Gasteiger partial charge in [0.2, 0.25) is 0 Å². The number of nitrogens with two attached hydrogens (primary N) is 1. The number of hydrogen-bond acceptors (Lipinski definition) is 8. The van der Waals surface area contributed by atoms with Crippen LogP contribution >= 0.6 is 34.5 Å². The Hall–Kier alpha value is -3.54. The van der Waals surface area contributed by atoms with Gasteiger partial charge in [-0.3, -0.25) is 4.79 Å². The van der Waals surface area contributed by atoms with Crippen LogP contribution < -0.4 is 11.3 Å². The van der Waals surface area contributed by atoms with Gasteiger partial charge in [-0.05, 0) is 53.1 Å². The van der Waals surface area contributed by atoms with Gasteiger partial charge in [-0.15, -0.1) is 5.10 Å². The first kappa shape index (κ1) is 21.0. The van der Waals surface area contributed by atoms with E-state index < -0.39 is 0 Å². The summed E-state index contributed by atoms with van der Waals surface area (Å²) in [5.74, 6) is 0.684. The molecule has 5 heterocycles. The Kier molecular flexibility index (Phi) is 4.97. The zero-order chi connectivity index (χ0) is 23.4. The van der Waals surface area contributed by atoms with E-state index in [9.17, 15) is 4.79 Å². The summed E-state index contributed by atoms with van der Waals surface area (Å²) in [7, 11) is 0. The Balaban J connectivity index is 1.40. The average Bonchev–Trinajstić information content (AvgIpc) is 3.60. The molecule has 0 radical (unpaired) electrons. The summed E-state index contributed by atoms with van der Waals surface area (Å²) in [6.45, 7) is 0. The molecule has 0 fully saturated rings. The van der Waals surface area contributed by atoms with E-state index in [4.69, 9.17) is 28.9 Å². The SMILES string of the molecule is Nc1nc(Cl)c(-c2cnc([C@@H]3CCc4cc(-c5cc(Cl)ccc5-n5cnnn5)cc(=O)n43)[nH]2)s1. The van der Waals surface area contributed by atoms with Crippen molar-refractivity contribution in [3.05, 3.63) is 74.9 Å². The van der Waals surface area contributed by atoms with Gasteiger partial charge in [0.05, 0.1) is 28.5 Å². The van der Waals surface area contributed by atoms with Crippen molar-refractivity contribution in [2.75, 3.05) is 5.73 Å². The van der Waals surface area contributed by atoms with Crippen LogP contribution in [0.5, 0.6) is 0 Å². The average molecular weight is 512 g/mol. The Labute approximate surface area is 206 Å². The highest BCUT2D eigenvalue weighted by molar-refractivity contribution is 7.19. The van der Waals surface area contributed by atoms with Crippen LogP contribution in [-0.2, 0) is 6.42 Å². The van der Waals surface area contributed by atoms with Gasteiger partial charge >= 0.3 is 0 Å². The van der Waals surface area contributed by atoms with Crippen LogP contribution in [0.2, 0.25) is 10.2 Å². The molecular weight excluding hydrogens is 497 g/mol. The Morgan fingerprint density at radius 1 is 1.21 bits per heavy atom. The number of tetrazole rings is 1. The third kappa shape index (κ3) is 3.49. The number of aromatic nitrogens is 8. The minimum Gasteiger partial charge on any atom is -0.375 e. The number of imidazole rings is 1. The molecule has 0 unspecified atom stereocenters. The summed E-state index contributed by atoms with van der Waals surface area (Å²) < 4.78 is 3.32. The number of nitrogens with one attached hydrogen (secondary N) is 1. The third-order valence-corrected chi connectivity index (χ3v) is 7.30. The molecule has 34 heavy (non-hydrogen) atoms. The number of rotatable bonds is 4. The molecule has 1 aliphatic rings. The number of fused-ring (bicyclic) bond motifs is 1. The van der Waals surface area contributed by atoms with Gasteiger partial charge in [-0.25, -0.2) is 9.97 Å². The maximum atomic E-state index is 13.3. The highest BCUT2D eigenvalue weighted by atomic mass is 35.5. The van der Waals surface area contributed by atoms with Crippen molar-refractivity contribution in [2.45, 2.75) is 18.9 Å². The number of pyridine rings is 1. The molecule has 0 bridgehead atoms. The van der Waals surface area contributed by atoms with Crippen LogP contribution in [0.1, 0.15) is 24.0 Å². The van der Waals surface area contributed by atoms with Gasteiger partial charge in [0.15, 0.2) is 10.3 Å².